The first-order chi connectivity index (χ1) is 6.24. The second-order valence-electron chi connectivity index (χ2n) is 2.32. The molecule has 0 amide bonds. The number of halogens is 1. The van der Waals surface area contributed by atoms with E-state index in [-0.39, 0.29) is 6.61 Å². The van der Waals surface area contributed by atoms with Crippen LogP contribution in [0.3, 0.4) is 0 Å². The van der Waals surface area contributed by atoms with E-state index in [2.05, 4.69) is 32.6 Å². The van der Waals surface area contributed by atoms with Crippen molar-refractivity contribution < 1.29 is 10.2 Å². The van der Waals surface area contributed by atoms with E-state index in [4.69, 9.17) is 10.2 Å². The molecule has 1 rings (SSSR count). The van der Waals surface area contributed by atoms with Crippen LogP contribution in [-0.2, 0) is 0 Å². The largest absolute Gasteiger partial charge is 0.394 e. The molecule has 0 spiro atoms. The molecule has 0 aliphatic heterocycles. The average Bonchev–Trinajstić information content (AvgIpc) is 2.16. The predicted octanol–water partition coefficient (Wildman–Crippen LogP) is 0.527. The van der Waals surface area contributed by atoms with Crippen molar-refractivity contribution in [3.05, 3.63) is 16.1 Å². The molecule has 0 saturated heterocycles. The van der Waals surface area contributed by atoms with Crippen LogP contribution in [0.2, 0.25) is 0 Å². The maximum absolute atomic E-state index is 9.09. The van der Waals surface area contributed by atoms with Crippen LogP contribution in [0.25, 0.3) is 0 Å². The normalized spacial score (nSPS) is 12.8. The monoisotopic (exact) mass is 312 g/mol. The maximum atomic E-state index is 9.09. The Labute approximate surface area is 93.9 Å². The Morgan fingerprint density at radius 1 is 1.62 bits per heavy atom. The summed E-state index contributed by atoms with van der Waals surface area (Å²) in [6.07, 6.45) is 2.49. The van der Waals surface area contributed by atoms with Gasteiger partial charge < -0.3 is 10.2 Å². The number of rotatable bonds is 4. The number of aliphatic hydroxyl groups excluding tert-OH is 2. The van der Waals surface area contributed by atoms with Crippen molar-refractivity contribution in [1.82, 2.24) is 9.97 Å². The number of nitrogens with zero attached hydrogens (tertiary/aromatic N) is 2. The Hall–Kier alpha value is 0.0800. The van der Waals surface area contributed by atoms with Crippen LogP contribution in [0, 0.1) is 3.57 Å². The van der Waals surface area contributed by atoms with Crippen molar-refractivity contribution in [2.45, 2.75) is 11.1 Å². The molecule has 0 saturated carbocycles. The van der Waals surface area contributed by atoms with Crippen LogP contribution < -0.4 is 0 Å². The van der Waals surface area contributed by atoms with Gasteiger partial charge in [0.2, 0.25) is 0 Å². The summed E-state index contributed by atoms with van der Waals surface area (Å²) in [5.74, 6) is 0.448. The molecule has 0 radical (unpaired) electrons. The molecule has 1 aromatic heterocycles. The molecule has 6 heteroatoms. The molecule has 1 heterocycles. The predicted molar refractivity (Wildman–Crippen MR) is 58.6 cm³/mol. The highest BCUT2D eigenvalue weighted by molar-refractivity contribution is 14.1. The quantitative estimate of drug-likeness (QED) is 0.482. The van der Waals surface area contributed by atoms with Gasteiger partial charge in [0, 0.05) is 11.9 Å². The van der Waals surface area contributed by atoms with E-state index in [0.717, 1.165) is 8.60 Å². The fourth-order valence-corrected chi connectivity index (χ4v) is 2.17. The lowest BCUT2D eigenvalue weighted by Gasteiger charge is -2.06. The molecule has 2 N–H and O–H groups in total. The van der Waals surface area contributed by atoms with Crippen molar-refractivity contribution in [2.24, 2.45) is 0 Å². The lowest BCUT2D eigenvalue weighted by Crippen LogP contribution is -2.14. The minimum atomic E-state index is -0.684. The van der Waals surface area contributed by atoms with Crippen LogP contribution in [-0.4, -0.2) is 38.6 Å². The maximum Gasteiger partial charge on any atom is 0.116 e. The first-order valence-electron chi connectivity index (χ1n) is 3.61. The van der Waals surface area contributed by atoms with E-state index in [1.807, 2.05) is 0 Å². The number of aliphatic hydroxyl groups is 2. The topological polar surface area (TPSA) is 66.2 Å². The van der Waals surface area contributed by atoms with Crippen molar-refractivity contribution in [3.8, 4) is 0 Å². The Morgan fingerprint density at radius 2 is 2.38 bits per heavy atom. The van der Waals surface area contributed by atoms with Gasteiger partial charge in [0.25, 0.3) is 0 Å². The summed E-state index contributed by atoms with van der Waals surface area (Å²) in [7, 11) is 0. The molecule has 1 unspecified atom stereocenters. The molecule has 0 aliphatic rings. The summed E-state index contributed by atoms with van der Waals surface area (Å²) in [5, 5.41) is 18.5. The Bertz CT molecular complexity index is 274. The van der Waals surface area contributed by atoms with Gasteiger partial charge in [0.15, 0.2) is 0 Å². The summed E-state index contributed by atoms with van der Waals surface area (Å²) in [6, 6.07) is 0. The minimum absolute atomic E-state index is 0.214. The molecule has 4 nitrogen and oxygen atoms in total. The smallest absolute Gasteiger partial charge is 0.116 e. The fraction of sp³-hybridized carbons (Fsp3) is 0.429. The van der Waals surface area contributed by atoms with Crippen LogP contribution in [0.5, 0.6) is 0 Å². The van der Waals surface area contributed by atoms with Crippen molar-refractivity contribution in [2.75, 3.05) is 12.4 Å². The highest BCUT2D eigenvalue weighted by Crippen LogP contribution is 2.20. The highest BCUT2D eigenvalue weighted by Gasteiger charge is 2.06. The molecule has 1 aromatic rings. The summed E-state index contributed by atoms with van der Waals surface area (Å²) in [6.45, 7) is -0.214. The molecule has 72 valence electrons. The fourth-order valence-electron chi connectivity index (χ4n) is 0.635. The molecule has 0 fully saturated rings. The standard InChI is InChI=1S/C7H9IN2O2S/c8-6-1-9-4-10-7(6)13-3-5(12)2-11/h1,4-5,11-12H,2-3H2. The van der Waals surface area contributed by atoms with E-state index >= 15 is 0 Å². The number of hydrogen-bond donors (Lipinski definition) is 2. The Balaban J connectivity index is 2.50. The SMILES string of the molecule is OCC(O)CSc1ncncc1I. The third-order valence-corrected chi connectivity index (χ3v) is 3.56. The van der Waals surface area contributed by atoms with Gasteiger partial charge in [0.05, 0.1) is 16.3 Å². The van der Waals surface area contributed by atoms with Gasteiger partial charge in [0.1, 0.15) is 11.4 Å². The first kappa shape index (κ1) is 11.2. The molecule has 0 aromatic carbocycles. The van der Waals surface area contributed by atoms with Gasteiger partial charge in [-0.3, -0.25) is 0 Å². The zero-order chi connectivity index (χ0) is 9.68. The zero-order valence-electron chi connectivity index (χ0n) is 6.72. The van der Waals surface area contributed by atoms with Gasteiger partial charge in [-0.25, -0.2) is 9.97 Å². The molecule has 13 heavy (non-hydrogen) atoms. The van der Waals surface area contributed by atoms with E-state index in [9.17, 15) is 0 Å². The van der Waals surface area contributed by atoms with Crippen LogP contribution in [0.1, 0.15) is 0 Å². The van der Waals surface area contributed by atoms with Gasteiger partial charge in [-0.2, -0.15) is 0 Å². The van der Waals surface area contributed by atoms with Crippen molar-refractivity contribution in [1.29, 1.82) is 0 Å². The van der Waals surface area contributed by atoms with E-state index in [1.165, 1.54) is 18.1 Å². The molecular weight excluding hydrogens is 303 g/mol. The lowest BCUT2D eigenvalue weighted by molar-refractivity contribution is 0.113. The Morgan fingerprint density at radius 3 is 3.00 bits per heavy atom. The minimum Gasteiger partial charge on any atom is -0.394 e. The van der Waals surface area contributed by atoms with E-state index < -0.39 is 6.10 Å². The van der Waals surface area contributed by atoms with Crippen molar-refractivity contribution in [3.63, 3.8) is 0 Å². The van der Waals surface area contributed by atoms with Gasteiger partial charge in [-0.1, -0.05) is 0 Å². The second-order valence-corrected chi connectivity index (χ2v) is 4.49. The molecule has 0 aliphatic carbocycles. The zero-order valence-corrected chi connectivity index (χ0v) is 9.70. The van der Waals surface area contributed by atoms with Crippen LogP contribution in [0.4, 0.5) is 0 Å². The summed E-state index contributed by atoms with van der Waals surface area (Å²) in [4.78, 5) is 7.88. The third kappa shape index (κ3) is 3.75. The number of hydrogen-bond acceptors (Lipinski definition) is 5. The van der Waals surface area contributed by atoms with E-state index in [0.29, 0.717) is 5.75 Å². The van der Waals surface area contributed by atoms with Gasteiger partial charge >= 0.3 is 0 Å². The first-order valence-corrected chi connectivity index (χ1v) is 5.67. The second kappa shape index (κ2) is 5.74. The third-order valence-electron chi connectivity index (χ3n) is 1.26. The number of aromatic nitrogens is 2. The molecule has 1 atom stereocenters. The molecular formula is C7H9IN2O2S. The summed E-state index contributed by atoms with van der Waals surface area (Å²) < 4.78 is 0.954. The van der Waals surface area contributed by atoms with E-state index in [1.54, 1.807) is 6.20 Å². The van der Waals surface area contributed by atoms with Crippen LogP contribution in [0.15, 0.2) is 17.6 Å². The average molecular weight is 312 g/mol. The Kier molecular flexibility index (Phi) is 4.92. The van der Waals surface area contributed by atoms with Crippen LogP contribution >= 0.6 is 34.4 Å². The van der Waals surface area contributed by atoms with Gasteiger partial charge in [-0.05, 0) is 22.6 Å². The van der Waals surface area contributed by atoms with Gasteiger partial charge in [-0.15, -0.1) is 11.8 Å². The molecule has 0 bridgehead atoms. The lowest BCUT2D eigenvalue weighted by atomic mass is 10.4. The number of thioether (sulfide) groups is 1. The summed E-state index contributed by atoms with van der Waals surface area (Å²) in [5.41, 5.74) is 0. The summed E-state index contributed by atoms with van der Waals surface area (Å²) >= 11 is 3.54. The van der Waals surface area contributed by atoms with Crippen molar-refractivity contribution >= 4 is 34.4 Å². The highest BCUT2D eigenvalue weighted by atomic mass is 127.